The Morgan fingerprint density at radius 1 is 1.20 bits per heavy atom. The van der Waals surface area contributed by atoms with Crippen LogP contribution in [0.3, 0.4) is 0 Å². The standard InChI is InChI=1S/2CH3.BrH.ClH.Sn/h2*1H3;2*1H;. The maximum atomic E-state index is 2.30. The van der Waals surface area contributed by atoms with Gasteiger partial charge in [-0.1, -0.05) is 0 Å². The zero-order valence-electron chi connectivity index (χ0n) is 3.32. The van der Waals surface area contributed by atoms with E-state index in [0.717, 1.165) is 0 Å². The number of rotatable bonds is 0. The van der Waals surface area contributed by atoms with E-state index in [-0.39, 0.29) is 50.5 Å². The Kier molecular flexibility index (Phi) is 56.4. The molecule has 3 heteroatoms. The summed E-state index contributed by atoms with van der Waals surface area (Å²) >= 11 is 0.230. The van der Waals surface area contributed by atoms with E-state index in [9.17, 15) is 0 Å². The molecule has 2 radical (unpaired) electrons. The molecule has 0 nitrogen and oxygen atoms in total. The Hall–Kier alpha value is 1.57. The third-order valence-electron chi connectivity index (χ3n) is 0. The van der Waals surface area contributed by atoms with Gasteiger partial charge in [0.1, 0.15) is 0 Å². The van der Waals surface area contributed by atoms with Crippen molar-refractivity contribution in [2.75, 3.05) is 0 Å². The van der Waals surface area contributed by atoms with Crippen LogP contribution < -0.4 is 0 Å². The monoisotopic (exact) mass is 266 g/mol. The van der Waals surface area contributed by atoms with Crippen LogP contribution in [0, 0.1) is 0 Å². The number of halogens is 2. The van der Waals surface area contributed by atoms with Crippen LogP contribution in [0.1, 0.15) is 0 Å². The van der Waals surface area contributed by atoms with Crippen LogP contribution in [0.25, 0.3) is 0 Å². The van der Waals surface area contributed by atoms with Crippen LogP contribution in [-0.4, -0.2) is 21.1 Å². The predicted octanol–water partition coefficient (Wildman–Crippen LogP) is 1.79. The van der Waals surface area contributed by atoms with Gasteiger partial charge in [-0.25, -0.2) is 0 Å². The Labute approximate surface area is 60.1 Å². The van der Waals surface area contributed by atoms with E-state index in [0.29, 0.717) is 0 Å². The minimum absolute atomic E-state index is 0. The van der Waals surface area contributed by atoms with E-state index < -0.39 is 0 Å². The second-order valence-corrected chi connectivity index (χ2v) is 3.35. The summed E-state index contributed by atoms with van der Waals surface area (Å²) in [6, 6.07) is 0. The predicted molar refractivity (Wildman–Crippen MR) is 35.1 cm³/mol. The quantitative estimate of drug-likeness (QED) is 0.586. The van der Waals surface area contributed by atoms with Gasteiger partial charge in [0.25, 0.3) is 0 Å². The van der Waals surface area contributed by atoms with Crippen LogP contribution in [0.5, 0.6) is 0 Å². The first-order valence-electron chi connectivity index (χ1n) is 1.00. The fourth-order valence-corrected chi connectivity index (χ4v) is 0. The van der Waals surface area contributed by atoms with Crippen LogP contribution in [0.4, 0.5) is 0 Å². The first-order chi connectivity index (χ1) is 1.41. The van der Waals surface area contributed by atoms with Crippen LogP contribution in [0.15, 0.2) is 0 Å². The molecule has 34 valence electrons. The molecule has 0 amide bonds. The maximum absolute atomic E-state index is 2.30. The zero-order valence-corrected chi connectivity index (χ0v) is 8.70. The first-order valence-corrected chi connectivity index (χ1v) is 6.71. The van der Waals surface area contributed by atoms with Gasteiger partial charge in [0.05, 0.1) is 0 Å². The van der Waals surface area contributed by atoms with Crippen molar-refractivity contribution in [1.29, 1.82) is 0 Å². The van der Waals surface area contributed by atoms with Gasteiger partial charge in [-0.15, -0.1) is 29.4 Å². The number of hydrogen-bond acceptors (Lipinski definition) is 0. The Morgan fingerprint density at radius 3 is 1.20 bits per heavy atom. The van der Waals surface area contributed by atoms with E-state index in [1.54, 1.807) is 0 Å². The molecule has 0 fully saturated rings. The van der Waals surface area contributed by atoms with Gasteiger partial charge in [-0.2, -0.15) is 0 Å². The third-order valence-corrected chi connectivity index (χ3v) is 0. The first kappa shape index (κ1) is 16.0. The molecule has 0 bridgehead atoms. The molecule has 0 aromatic rings. The van der Waals surface area contributed by atoms with Gasteiger partial charge in [0.2, 0.25) is 0 Å². The summed E-state index contributed by atoms with van der Waals surface area (Å²) in [6.07, 6.45) is 0. The molecule has 0 heterocycles. The zero-order chi connectivity index (χ0) is 2.71. The molecule has 0 spiro atoms. The molecule has 0 aliphatic carbocycles. The average Bonchev–Trinajstić information content (AvgIpc) is 0.918. The molecular formula is C2H8BrClSn. The second kappa shape index (κ2) is 17.6. The van der Waals surface area contributed by atoms with E-state index in [1.165, 1.54) is 0 Å². The summed E-state index contributed by atoms with van der Waals surface area (Å²) in [5, 5.41) is 0. The number of hydrogen-bond donors (Lipinski definition) is 0. The molecule has 0 aromatic heterocycles. The molecule has 0 atom stereocenters. The van der Waals surface area contributed by atoms with E-state index >= 15 is 0 Å². The molecule has 0 aliphatic rings. The van der Waals surface area contributed by atoms with Crippen LogP contribution in [0.2, 0.25) is 9.88 Å². The van der Waals surface area contributed by atoms with E-state index in [2.05, 4.69) is 9.88 Å². The van der Waals surface area contributed by atoms with Gasteiger partial charge in [-0.05, 0) is 0 Å². The van der Waals surface area contributed by atoms with Crippen molar-refractivity contribution >= 4 is 50.5 Å². The fourth-order valence-electron chi connectivity index (χ4n) is 0. The summed E-state index contributed by atoms with van der Waals surface area (Å²) in [5.74, 6) is 0. The molecular weight excluding hydrogens is 258 g/mol. The van der Waals surface area contributed by atoms with Crippen LogP contribution >= 0.6 is 29.4 Å². The van der Waals surface area contributed by atoms with Gasteiger partial charge in [0.15, 0.2) is 0 Å². The van der Waals surface area contributed by atoms with Crippen molar-refractivity contribution in [3.8, 4) is 0 Å². The molecule has 0 N–H and O–H groups in total. The van der Waals surface area contributed by atoms with Crippen molar-refractivity contribution in [3.63, 3.8) is 0 Å². The molecule has 0 saturated carbocycles. The normalized spacial score (nSPS) is 3.60. The van der Waals surface area contributed by atoms with Gasteiger partial charge in [-0.3, -0.25) is 0 Å². The molecule has 0 saturated heterocycles. The van der Waals surface area contributed by atoms with E-state index in [4.69, 9.17) is 0 Å². The van der Waals surface area contributed by atoms with Crippen LogP contribution in [-0.2, 0) is 0 Å². The fraction of sp³-hybridized carbons (Fsp3) is 1.00. The summed E-state index contributed by atoms with van der Waals surface area (Å²) < 4.78 is 0. The van der Waals surface area contributed by atoms with Crippen molar-refractivity contribution in [2.24, 2.45) is 0 Å². The third kappa shape index (κ3) is 28.8. The summed E-state index contributed by atoms with van der Waals surface area (Å²) in [7, 11) is 0. The van der Waals surface area contributed by atoms with Crippen molar-refractivity contribution in [2.45, 2.75) is 9.88 Å². The topological polar surface area (TPSA) is 0 Å². The van der Waals surface area contributed by atoms with Gasteiger partial charge >= 0.3 is 31.0 Å². The average molecular weight is 266 g/mol. The molecule has 0 aliphatic heterocycles. The van der Waals surface area contributed by atoms with Crippen molar-refractivity contribution < 1.29 is 0 Å². The second-order valence-electron chi connectivity index (χ2n) is 0.500. The van der Waals surface area contributed by atoms with E-state index in [1.807, 2.05) is 0 Å². The summed E-state index contributed by atoms with van der Waals surface area (Å²) in [5.41, 5.74) is 0. The van der Waals surface area contributed by atoms with Crippen molar-refractivity contribution in [1.82, 2.24) is 0 Å². The molecule has 0 aromatic carbocycles. The van der Waals surface area contributed by atoms with Crippen molar-refractivity contribution in [3.05, 3.63) is 0 Å². The summed E-state index contributed by atoms with van der Waals surface area (Å²) in [6.45, 7) is 0. The molecule has 0 rings (SSSR count). The minimum atomic E-state index is 0. The Bertz CT molecular complexity index is 9.61. The van der Waals surface area contributed by atoms with Gasteiger partial charge in [0, 0.05) is 0 Å². The molecule has 5 heavy (non-hydrogen) atoms. The van der Waals surface area contributed by atoms with Gasteiger partial charge < -0.3 is 0 Å². The Balaban J connectivity index is -0.0000000200. The Morgan fingerprint density at radius 2 is 1.20 bits per heavy atom. The SMILES string of the molecule is Br.Cl.[CH3][Sn][CH3]. The summed E-state index contributed by atoms with van der Waals surface area (Å²) in [4.78, 5) is 4.59. The molecule has 0 unspecified atom stereocenters.